The van der Waals surface area contributed by atoms with Crippen LogP contribution in [0.2, 0.25) is 0 Å². The first-order valence-electron chi connectivity index (χ1n) is 7.14. The Balaban J connectivity index is 2.08. The van der Waals surface area contributed by atoms with Crippen molar-refractivity contribution in [2.24, 2.45) is 5.11 Å². The molecule has 3 N–H and O–H groups in total. The van der Waals surface area contributed by atoms with Gasteiger partial charge in [-0.3, -0.25) is 4.79 Å². The summed E-state index contributed by atoms with van der Waals surface area (Å²) >= 11 is 0. The van der Waals surface area contributed by atoms with Gasteiger partial charge >= 0.3 is 0 Å². The first-order valence-corrected chi connectivity index (χ1v) is 7.14. The number of phenolic OH excluding ortho intramolecular Hbond substituents is 1. The molecule has 0 aliphatic heterocycles. The van der Waals surface area contributed by atoms with Crippen LogP contribution < -0.4 is 5.32 Å². The largest absolute Gasteiger partial charge is 0.507 e. The van der Waals surface area contributed by atoms with Crippen LogP contribution in [-0.2, 0) is 6.54 Å². The zero-order valence-corrected chi connectivity index (χ0v) is 12.3. The van der Waals surface area contributed by atoms with Crippen molar-refractivity contribution in [3.8, 4) is 5.75 Å². The molecule has 0 aromatic heterocycles. The smallest absolute Gasteiger partial charge is 0.259 e. The van der Waals surface area contributed by atoms with Crippen LogP contribution in [0.1, 0.15) is 15.9 Å². The number of para-hydroxylation sites is 1. The van der Waals surface area contributed by atoms with E-state index in [9.17, 15) is 9.90 Å². The second-order valence-corrected chi connectivity index (χ2v) is 5.11. The predicted molar refractivity (Wildman–Crippen MR) is 88.9 cm³/mol. The second-order valence-electron chi connectivity index (χ2n) is 5.11. The third-order valence-electron chi connectivity index (χ3n) is 3.64. The van der Waals surface area contributed by atoms with E-state index in [1.807, 2.05) is 42.5 Å². The van der Waals surface area contributed by atoms with Gasteiger partial charge in [0.15, 0.2) is 0 Å². The van der Waals surface area contributed by atoms with Gasteiger partial charge in [-0.25, -0.2) is 5.53 Å². The van der Waals surface area contributed by atoms with Gasteiger partial charge in [-0.15, -0.1) is 0 Å². The van der Waals surface area contributed by atoms with Crippen LogP contribution in [0.15, 0.2) is 65.8 Å². The van der Waals surface area contributed by atoms with E-state index in [1.54, 1.807) is 18.2 Å². The zero-order valence-electron chi connectivity index (χ0n) is 12.3. The SMILES string of the molecule is N=NCc1c(O)c(C(=O)Nc2ccccc2)cc2ccccc12. The molecule has 0 bridgehead atoms. The summed E-state index contributed by atoms with van der Waals surface area (Å²) in [5, 5.41) is 18.2. The Morgan fingerprint density at radius 3 is 2.52 bits per heavy atom. The van der Waals surface area contributed by atoms with Crippen molar-refractivity contribution >= 4 is 22.4 Å². The zero-order chi connectivity index (χ0) is 16.2. The number of carbonyl (C=O) groups excluding carboxylic acids is 1. The van der Waals surface area contributed by atoms with Crippen molar-refractivity contribution < 1.29 is 9.90 Å². The van der Waals surface area contributed by atoms with Crippen LogP contribution in [0.5, 0.6) is 5.75 Å². The summed E-state index contributed by atoms with van der Waals surface area (Å²) in [6.07, 6.45) is 0. The molecule has 3 rings (SSSR count). The van der Waals surface area contributed by atoms with Crippen LogP contribution in [0.25, 0.3) is 10.8 Å². The fraction of sp³-hybridized carbons (Fsp3) is 0.0556. The molecule has 0 heterocycles. The average molecular weight is 305 g/mol. The summed E-state index contributed by atoms with van der Waals surface area (Å²) in [7, 11) is 0. The molecule has 0 atom stereocenters. The van der Waals surface area contributed by atoms with E-state index in [0.717, 1.165) is 10.8 Å². The van der Waals surface area contributed by atoms with Gasteiger partial charge < -0.3 is 10.4 Å². The maximum Gasteiger partial charge on any atom is 0.259 e. The van der Waals surface area contributed by atoms with Crippen LogP contribution in [0, 0.1) is 5.53 Å². The normalized spacial score (nSPS) is 10.4. The van der Waals surface area contributed by atoms with Crippen molar-refractivity contribution in [1.29, 1.82) is 5.53 Å². The summed E-state index contributed by atoms with van der Waals surface area (Å²) in [5.74, 6) is -0.529. The summed E-state index contributed by atoms with van der Waals surface area (Å²) < 4.78 is 0. The minimum atomic E-state index is -0.398. The van der Waals surface area contributed by atoms with Crippen LogP contribution in [-0.4, -0.2) is 11.0 Å². The number of hydrogen-bond acceptors (Lipinski definition) is 4. The number of carbonyl (C=O) groups is 1. The summed E-state index contributed by atoms with van der Waals surface area (Å²) in [6.45, 7) is 0.0266. The number of anilines is 1. The Bertz CT molecular complexity index is 876. The fourth-order valence-corrected chi connectivity index (χ4v) is 2.54. The molecule has 0 aliphatic carbocycles. The standard InChI is InChI=1S/C18H15N3O2/c19-20-11-16-14-9-5-4-6-12(14)10-15(17(16)22)18(23)21-13-7-2-1-3-8-13/h1-10,19,22H,11H2,(H,21,23). The van der Waals surface area contributed by atoms with Crippen molar-refractivity contribution in [3.05, 3.63) is 71.8 Å². The van der Waals surface area contributed by atoms with Gasteiger partial charge in [0, 0.05) is 11.3 Å². The van der Waals surface area contributed by atoms with E-state index < -0.39 is 5.91 Å². The molecule has 5 nitrogen and oxygen atoms in total. The van der Waals surface area contributed by atoms with E-state index >= 15 is 0 Å². The molecule has 3 aromatic rings. The molecule has 114 valence electrons. The van der Waals surface area contributed by atoms with Gasteiger partial charge in [-0.2, -0.15) is 5.11 Å². The molecule has 0 radical (unpaired) electrons. The average Bonchev–Trinajstić information content (AvgIpc) is 2.58. The number of phenols is 1. The highest BCUT2D eigenvalue weighted by atomic mass is 16.3. The third-order valence-corrected chi connectivity index (χ3v) is 3.64. The number of fused-ring (bicyclic) bond motifs is 1. The highest BCUT2D eigenvalue weighted by Crippen LogP contribution is 2.32. The fourth-order valence-electron chi connectivity index (χ4n) is 2.54. The highest BCUT2D eigenvalue weighted by molar-refractivity contribution is 6.09. The summed E-state index contributed by atoms with van der Waals surface area (Å²) in [4.78, 5) is 12.5. The lowest BCUT2D eigenvalue weighted by Gasteiger charge is -2.12. The minimum absolute atomic E-state index is 0.0266. The van der Waals surface area contributed by atoms with Crippen LogP contribution >= 0.6 is 0 Å². The number of nitrogens with one attached hydrogen (secondary N) is 2. The molecule has 0 fully saturated rings. The first-order chi connectivity index (χ1) is 11.2. The van der Waals surface area contributed by atoms with Gasteiger partial charge in [0.05, 0.1) is 12.1 Å². The summed E-state index contributed by atoms with van der Waals surface area (Å²) in [6, 6.07) is 18.1. The molecular formula is C18H15N3O2. The summed E-state index contributed by atoms with van der Waals surface area (Å²) in [5.41, 5.74) is 8.39. The van der Waals surface area contributed by atoms with Gasteiger partial charge in [-0.05, 0) is 29.0 Å². The Morgan fingerprint density at radius 1 is 1.09 bits per heavy atom. The van der Waals surface area contributed by atoms with Gasteiger partial charge in [-0.1, -0.05) is 42.5 Å². The third kappa shape index (κ3) is 2.89. The Labute approximate surface area is 133 Å². The van der Waals surface area contributed by atoms with E-state index in [0.29, 0.717) is 11.3 Å². The molecule has 0 saturated carbocycles. The lowest BCUT2D eigenvalue weighted by molar-refractivity contribution is 0.102. The number of nitrogens with zero attached hydrogens (tertiary/aromatic N) is 1. The maximum absolute atomic E-state index is 12.5. The molecule has 5 heteroatoms. The molecule has 3 aromatic carbocycles. The van der Waals surface area contributed by atoms with E-state index in [-0.39, 0.29) is 17.9 Å². The van der Waals surface area contributed by atoms with Crippen molar-refractivity contribution in [2.45, 2.75) is 6.54 Å². The Kier molecular flexibility index (Phi) is 4.01. The van der Waals surface area contributed by atoms with Gasteiger partial charge in [0.1, 0.15) is 5.75 Å². The quantitative estimate of drug-likeness (QED) is 0.627. The number of aromatic hydroxyl groups is 1. The molecule has 0 aliphatic rings. The Morgan fingerprint density at radius 2 is 1.78 bits per heavy atom. The molecule has 0 saturated heterocycles. The van der Waals surface area contributed by atoms with E-state index in [1.165, 1.54) is 0 Å². The first kappa shape index (κ1) is 14.7. The molecule has 0 unspecified atom stereocenters. The van der Waals surface area contributed by atoms with Crippen molar-refractivity contribution in [1.82, 2.24) is 0 Å². The molecule has 23 heavy (non-hydrogen) atoms. The van der Waals surface area contributed by atoms with Crippen molar-refractivity contribution in [2.75, 3.05) is 5.32 Å². The highest BCUT2D eigenvalue weighted by Gasteiger charge is 2.18. The maximum atomic E-state index is 12.5. The number of amides is 1. The van der Waals surface area contributed by atoms with E-state index in [2.05, 4.69) is 10.4 Å². The Hall–Kier alpha value is -3.21. The number of rotatable bonds is 4. The van der Waals surface area contributed by atoms with Crippen LogP contribution in [0.4, 0.5) is 5.69 Å². The van der Waals surface area contributed by atoms with Gasteiger partial charge in [0.2, 0.25) is 0 Å². The lowest BCUT2D eigenvalue weighted by atomic mass is 9.98. The lowest BCUT2D eigenvalue weighted by Crippen LogP contribution is -2.12. The second kappa shape index (κ2) is 6.27. The predicted octanol–water partition coefficient (Wildman–Crippen LogP) is 4.33. The monoisotopic (exact) mass is 305 g/mol. The van der Waals surface area contributed by atoms with E-state index in [4.69, 9.17) is 5.53 Å². The molecule has 0 spiro atoms. The minimum Gasteiger partial charge on any atom is -0.507 e. The van der Waals surface area contributed by atoms with Crippen molar-refractivity contribution in [3.63, 3.8) is 0 Å². The number of benzene rings is 3. The molecular weight excluding hydrogens is 290 g/mol. The number of hydrogen-bond donors (Lipinski definition) is 3. The topological polar surface area (TPSA) is 85.5 Å². The van der Waals surface area contributed by atoms with Crippen LogP contribution in [0.3, 0.4) is 0 Å². The van der Waals surface area contributed by atoms with Gasteiger partial charge in [0.25, 0.3) is 5.91 Å². The molecule has 1 amide bonds.